The van der Waals surface area contributed by atoms with Gasteiger partial charge in [-0.25, -0.2) is 17.2 Å². The van der Waals surface area contributed by atoms with Crippen LogP contribution in [0.4, 0.5) is 27.6 Å². The molecular weight excluding hydrogens is 455 g/mol. The van der Waals surface area contributed by atoms with Gasteiger partial charge in [-0.2, -0.15) is 13.2 Å². The summed E-state index contributed by atoms with van der Waals surface area (Å²) >= 11 is 0. The first-order valence-corrected chi connectivity index (χ1v) is 11.5. The quantitative estimate of drug-likeness (QED) is 0.603. The van der Waals surface area contributed by atoms with E-state index in [2.05, 4.69) is 5.32 Å². The van der Waals surface area contributed by atoms with Crippen LogP contribution in [0.15, 0.2) is 36.4 Å². The lowest BCUT2D eigenvalue weighted by molar-refractivity contribution is -0.140. The first-order chi connectivity index (χ1) is 14.6. The number of nitrogens with one attached hydrogen (secondary N) is 2. The molecule has 2 aromatic rings. The molecule has 3 unspecified atom stereocenters. The zero-order chi connectivity index (χ0) is 24.1. The molecule has 0 heterocycles. The van der Waals surface area contributed by atoms with Crippen molar-refractivity contribution in [3.05, 3.63) is 64.7 Å². The van der Waals surface area contributed by atoms with Crippen molar-refractivity contribution in [1.29, 1.82) is 0 Å². The van der Waals surface area contributed by atoms with Crippen LogP contribution in [0, 0.1) is 17.6 Å². The zero-order valence-corrected chi connectivity index (χ0v) is 18.2. The summed E-state index contributed by atoms with van der Waals surface area (Å²) in [4.78, 5) is 12.7. The Morgan fingerprint density at radius 2 is 1.78 bits per heavy atom. The fourth-order valence-corrected chi connectivity index (χ4v) is 4.21. The van der Waals surface area contributed by atoms with Gasteiger partial charge in [0.1, 0.15) is 11.6 Å². The lowest BCUT2D eigenvalue weighted by Gasteiger charge is -2.18. The molecule has 0 bridgehead atoms. The summed E-state index contributed by atoms with van der Waals surface area (Å²) in [6.07, 6.45) is -3.60. The van der Waals surface area contributed by atoms with Crippen molar-refractivity contribution in [2.75, 3.05) is 11.0 Å². The SMILES string of the molecule is CC(NC(=O)C1CC1(C)c1ccc(C(F)(F)F)c(F)c1)c1ccc(NS(C)(=O)=O)c(F)c1. The molecule has 3 atom stereocenters. The second kappa shape index (κ2) is 8.02. The van der Waals surface area contributed by atoms with Gasteiger partial charge in [0.15, 0.2) is 0 Å². The molecule has 0 spiro atoms. The van der Waals surface area contributed by atoms with Gasteiger partial charge in [0.2, 0.25) is 15.9 Å². The van der Waals surface area contributed by atoms with E-state index >= 15 is 0 Å². The molecule has 0 aliphatic heterocycles. The third-order valence-electron chi connectivity index (χ3n) is 5.63. The third-order valence-corrected chi connectivity index (χ3v) is 6.23. The van der Waals surface area contributed by atoms with Crippen LogP contribution in [0.2, 0.25) is 0 Å². The number of hydrogen-bond donors (Lipinski definition) is 2. The largest absolute Gasteiger partial charge is 0.419 e. The maximum Gasteiger partial charge on any atom is 0.419 e. The van der Waals surface area contributed by atoms with Crippen LogP contribution in [0.5, 0.6) is 0 Å². The highest BCUT2D eigenvalue weighted by Gasteiger charge is 2.56. The van der Waals surface area contributed by atoms with Crippen LogP contribution in [0.1, 0.15) is 43.0 Å². The minimum absolute atomic E-state index is 0.228. The van der Waals surface area contributed by atoms with Gasteiger partial charge in [-0.15, -0.1) is 0 Å². The van der Waals surface area contributed by atoms with E-state index in [4.69, 9.17) is 0 Å². The van der Waals surface area contributed by atoms with Gasteiger partial charge in [-0.3, -0.25) is 9.52 Å². The minimum atomic E-state index is -4.80. The Labute approximate surface area is 182 Å². The first-order valence-electron chi connectivity index (χ1n) is 9.56. The number of anilines is 1. The van der Waals surface area contributed by atoms with Crippen LogP contribution >= 0.6 is 0 Å². The Bertz CT molecular complexity index is 1170. The molecule has 0 radical (unpaired) electrons. The summed E-state index contributed by atoms with van der Waals surface area (Å²) in [7, 11) is -3.66. The number of halogens is 5. The van der Waals surface area contributed by atoms with Crippen molar-refractivity contribution in [2.45, 2.75) is 37.9 Å². The summed E-state index contributed by atoms with van der Waals surface area (Å²) in [5, 5.41) is 2.71. The number of carbonyl (C=O) groups excluding carboxylic acids is 1. The van der Waals surface area contributed by atoms with Crippen molar-refractivity contribution in [1.82, 2.24) is 5.32 Å². The van der Waals surface area contributed by atoms with Crippen molar-refractivity contribution < 1.29 is 35.2 Å². The van der Waals surface area contributed by atoms with E-state index in [1.165, 1.54) is 18.2 Å². The smallest absolute Gasteiger partial charge is 0.349 e. The van der Waals surface area contributed by atoms with Crippen molar-refractivity contribution in [3.63, 3.8) is 0 Å². The molecule has 11 heteroatoms. The van der Waals surface area contributed by atoms with Gasteiger partial charge in [0.05, 0.1) is 23.5 Å². The van der Waals surface area contributed by atoms with E-state index in [-0.39, 0.29) is 11.3 Å². The van der Waals surface area contributed by atoms with Crippen LogP contribution in [-0.4, -0.2) is 20.6 Å². The summed E-state index contributed by atoms with van der Waals surface area (Å²) < 4.78 is 91.0. The van der Waals surface area contributed by atoms with Crippen LogP contribution in [0.25, 0.3) is 0 Å². The van der Waals surface area contributed by atoms with Crippen LogP contribution in [0.3, 0.4) is 0 Å². The zero-order valence-electron chi connectivity index (χ0n) is 17.3. The molecule has 3 rings (SSSR count). The summed E-state index contributed by atoms with van der Waals surface area (Å²) in [6, 6.07) is 5.81. The summed E-state index contributed by atoms with van der Waals surface area (Å²) in [5.41, 5.74) is -1.73. The van der Waals surface area contributed by atoms with Crippen molar-refractivity contribution >= 4 is 21.6 Å². The van der Waals surface area contributed by atoms with Crippen molar-refractivity contribution in [3.8, 4) is 0 Å². The fourth-order valence-electron chi connectivity index (χ4n) is 3.65. The van der Waals surface area contributed by atoms with Gasteiger partial charge in [0, 0.05) is 11.3 Å². The molecular formula is C21H21F5N2O3S. The predicted octanol–water partition coefficient (Wildman–Crippen LogP) is 4.51. The number of rotatable bonds is 6. The maximum atomic E-state index is 14.2. The van der Waals surface area contributed by atoms with Crippen LogP contribution in [-0.2, 0) is 26.4 Å². The number of amides is 1. The Balaban J connectivity index is 1.70. The van der Waals surface area contributed by atoms with Gasteiger partial charge < -0.3 is 5.32 Å². The summed E-state index contributed by atoms with van der Waals surface area (Å²) in [5.74, 6) is -3.20. The molecule has 174 valence electrons. The fraction of sp³-hybridized carbons (Fsp3) is 0.381. The summed E-state index contributed by atoms with van der Waals surface area (Å²) in [6.45, 7) is 3.27. The second-order valence-electron chi connectivity index (χ2n) is 8.21. The minimum Gasteiger partial charge on any atom is -0.349 e. The standard InChI is InChI=1S/C21H21F5N2O3S/c1-11(12-4-7-18(17(23)8-12)28-32(3,30)31)27-19(29)15-10-20(15,2)13-5-6-14(16(22)9-13)21(24,25)26/h4-9,11,15,28H,10H2,1-3H3,(H,27,29). The number of alkyl halides is 3. The molecule has 2 aromatic carbocycles. The number of sulfonamides is 1. The number of hydrogen-bond acceptors (Lipinski definition) is 3. The maximum absolute atomic E-state index is 14.2. The average molecular weight is 476 g/mol. The number of carbonyl (C=O) groups is 1. The Morgan fingerprint density at radius 3 is 2.31 bits per heavy atom. The van der Waals surface area contributed by atoms with Gasteiger partial charge in [-0.1, -0.05) is 19.1 Å². The van der Waals surface area contributed by atoms with E-state index in [1.807, 2.05) is 4.72 Å². The second-order valence-corrected chi connectivity index (χ2v) is 9.96. The van der Waals surface area contributed by atoms with E-state index < -0.39 is 56.7 Å². The lowest BCUT2D eigenvalue weighted by atomic mass is 9.93. The van der Waals surface area contributed by atoms with E-state index in [1.54, 1.807) is 13.8 Å². The normalized spacial score (nSPS) is 21.7. The van der Waals surface area contributed by atoms with Gasteiger partial charge >= 0.3 is 6.18 Å². The van der Waals surface area contributed by atoms with Gasteiger partial charge in [0.25, 0.3) is 0 Å². The lowest BCUT2D eigenvalue weighted by Crippen LogP contribution is -2.30. The third kappa shape index (κ3) is 5.03. The Morgan fingerprint density at radius 1 is 1.12 bits per heavy atom. The molecule has 1 saturated carbocycles. The number of benzene rings is 2. The molecule has 32 heavy (non-hydrogen) atoms. The topological polar surface area (TPSA) is 75.3 Å². The molecule has 0 saturated heterocycles. The highest BCUT2D eigenvalue weighted by Crippen LogP contribution is 2.54. The first kappa shape index (κ1) is 24.0. The molecule has 1 fully saturated rings. The average Bonchev–Trinajstić information content (AvgIpc) is 3.34. The molecule has 2 N–H and O–H groups in total. The van der Waals surface area contributed by atoms with E-state index in [0.717, 1.165) is 18.4 Å². The van der Waals surface area contributed by atoms with Crippen molar-refractivity contribution in [2.24, 2.45) is 5.92 Å². The molecule has 1 amide bonds. The highest BCUT2D eigenvalue weighted by molar-refractivity contribution is 7.92. The monoisotopic (exact) mass is 476 g/mol. The highest BCUT2D eigenvalue weighted by atomic mass is 32.2. The Hall–Kier alpha value is -2.69. The van der Waals surface area contributed by atoms with Gasteiger partial charge in [-0.05, 0) is 48.7 Å². The van der Waals surface area contributed by atoms with E-state index in [9.17, 15) is 35.2 Å². The molecule has 1 aliphatic rings. The Kier molecular flexibility index (Phi) is 6.01. The van der Waals surface area contributed by atoms with Crippen LogP contribution < -0.4 is 10.0 Å². The molecule has 5 nitrogen and oxygen atoms in total. The molecule has 1 aliphatic carbocycles. The van der Waals surface area contributed by atoms with E-state index in [0.29, 0.717) is 18.1 Å². The molecule has 0 aromatic heterocycles. The predicted molar refractivity (Wildman–Crippen MR) is 108 cm³/mol.